The molecule has 0 aromatic heterocycles. The van der Waals surface area contributed by atoms with E-state index in [4.69, 9.17) is 9.47 Å². The SMILES string of the molecule is COc1ccc(C(=O)N2CCCC2C(=O)N2CCC(N3CCOCC3=O)CC2)cc1. The fraction of sp³-hybridized carbons (Fsp3) is 0.591. The smallest absolute Gasteiger partial charge is 0.254 e. The predicted molar refractivity (Wildman–Crippen MR) is 109 cm³/mol. The van der Waals surface area contributed by atoms with Crippen LogP contribution >= 0.6 is 0 Å². The maximum atomic E-state index is 13.2. The molecule has 0 aliphatic carbocycles. The molecule has 4 rings (SSSR count). The van der Waals surface area contributed by atoms with Crippen LogP contribution in [0.3, 0.4) is 0 Å². The summed E-state index contributed by atoms with van der Waals surface area (Å²) in [6, 6.07) is 6.78. The lowest BCUT2D eigenvalue weighted by molar-refractivity contribution is -0.148. The number of likely N-dealkylation sites (tertiary alicyclic amines) is 2. The van der Waals surface area contributed by atoms with E-state index in [1.807, 2.05) is 9.80 Å². The summed E-state index contributed by atoms with van der Waals surface area (Å²) >= 11 is 0. The van der Waals surface area contributed by atoms with Gasteiger partial charge in [0.2, 0.25) is 11.8 Å². The summed E-state index contributed by atoms with van der Waals surface area (Å²) in [5.41, 5.74) is 0.569. The number of nitrogens with zero attached hydrogens (tertiary/aromatic N) is 3. The maximum absolute atomic E-state index is 13.2. The molecule has 3 fully saturated rings. The van der Waals surface area contributed by atoms with E-state index in [-0.39, 0.29) is 30.4 Å². The fourth-order valence-corrected chi connectivity index (χ4v) is 4.69. The first-order valence-corrected chi connectivity index (χ1v) is 10.7. The summed E-state index contributed by atoms with van der Waals surface area (Å²) in [6.07, 6.45) is 3.08. The van der Waals surface area contributed by atoms with Crippen molar-refractivity contribution in [3.63, 3.8) is 0 Å². The van der Waals surface area contributed by atoms with Crippen molar-refractivity contribution in [3.05, 3.63) is 29.8 Å². The number of methoxy groups -OCH3 is 1. The van der Waals surface area contributed by atoms with Gasteiger partial charge in [-0.2, -0.15) is 0 Å². The van der Waals surface area contributed by atoms with Gasteiger partial charge in [-0.1, -0.05) is 0 Å². The fourth-order valence-electron chi connectivity index (χ4n) is 4.69. The van der Waals surface area contributed by atoms with Crippen LogP contribution in [0, 0.1) is 0 Å². The molecular formula is C22H29N3O5. The highest BCUT2D eigenvalue weighted by atomic mass is 16.5. The average molecular weight is 415 g/mol. The Bertz CT molecular complexity index is 788. The highest BCUT2D eigenvalue weighted by molar-refractivity contribution is 5.98. The van der Waals surface area contributed by atoms with Gasteiger partial charge in [-0.25, -0.2) is 0 Å². The largest absolute Gasteiger partial charge is 0.497 e. The van der Waals surface area contributed by atoms with Gasteiger partial charge in [-0.15, -0.1) is 0 Å². The van der Waals surface area contributed by atoms with Crippen molar-refractivity contribution in [2.24, 2.45) is 0 Å². The van der Waals surface area contributed by atoms with Gasteiger partial charge in [0.05, 0.1) is 13.7 Å². The monoisotopic (exact) mass is 415 g/mol. The van der Waals surface area contributed by atoms with E-state index < -0.39 is 6.04 Å². The van der Waals surface area contributed by atoms with Gasteiger partial charge in [0.1, 0.15) is 18.4 Å². The van der Waals surface area contributed by atoms with Crippen molar-refractivity contribution in [1.29, 1.82) is 0 Å². The molecule has 0 N–H and O–H groups in total. The first-order valence-electron chi connectivity index (χ1n) is 10.7. The van der Waals surface area contributed by atoms with E-state index in [0.29, 0.717) is 50.5 Å². The molecule has 162 valence electrons. The van der Waals surface area contributed by atoms with Crippen LogP contribution < -0.4 is 4.74 Å². The molecule has 3 heterocycles. The summed E-state index contributed by atoms with van der Waals surface area (Å²) in [6.45, 7) is 3.20. The number of carbonyl (C=O) groups excluding carboxylic acids is 3. The number of carbonyl (C=O) groups is 3. The Balaban J connectivity index is 1.36. The van der Waals surface area contributed by atoms with Crippen molar-refractivity contribution < 1.29 is 23.9 Å². The van der Waals surface area contributed by atoms with Crippen LogP contribution in [-0.4, -0.2) is 91.0 Å². The molecule has 3 aliphatic heterocycles. The Morgan fingerprint density at radius 3 is 2.43 bits per heavy atom. The van der Waals surface area contributed by atoms with Crippen LogP contribution in [0.1, 0.15) is 36.0 Å². The molecule has 1 unspecified atom stereocenters. The molecule has 3 aliphatic rings. The minimum atomic E-state index is -0.402. The first-order chi connectivity index (χ1) is 14.6. The van der Waals surface area contributed by atoms with Crippen LogP contribution in [0.2, 0.25) is 0 Å². The molecule has 0 saturated carbocycles. The lowest BCUT2D eigenvalue weighted by Crippen LogP contribution is -2.55. The Morgan fingerprint density at radius 2 is 1.77 bits per heavy atom. The summed E-state index contributed by atoms with van der Waals surface area (Å²) in [5, 5.41) is 0. The highest BCUT2D eigenvalue weighted by Crippen LogP contribution is 2.25. The van der Waals surface area contributed by atoms with Crippen LogP contribution in [0.15, 0.2) is 24.3 Å². The van der Waals surface area contributed by atoms with Crippen molar-refractivity contribution >= 4 is 17.7 Å². The first kappa shape index (κ1) is 20.7. The number of morpholine rings is 1. The Hall–Kier alpha value is -2.61. The normalized spacial score (nSPS) is 23.0. The zero-order chi connectivity index (χ0) is 21.1. The third-order valence-electron chi connectivity index (χ3n) is 6.38. The van der Waals surface area contributed by atoms with Gasteiger partial charge in [0, 0.05) is 37.8 Å². The second kappa shape index (κ2) is 9.04. The zero-order valence-electron chi connectivity index (χ0n) is 17.4. The lowest BCUT2D eigenvalue weighted by atomic mass is 10.0. The van der Waals surface area contributed by atoms with Gasteiger partial charge >= 0.3 is 0 Å². The number of amides is 3. The van der Waals surface area contributed by atoms with Crippen LogP contribution in [0.4, 0.5) is 0 Å². The van der Waals surface area contributed by atoms with Crippen LogP contribution in [0.5, 0.6) is 5.75 Å². The molecule has 0 bridgehead atoms. The van der Waals surface area contributed by atoms with Crippen molar-refractivity contribution in [3.8, 4) is 5.75 Å². The van der Waals surface area contributed by atoms with Gasteiger partial charge in [-0.3, -0.25) is 14.4 Å². The van der Waals surface area contributed by atoms with Gasteiger partial charge in [0.25, 0.3) is 5.91 Å². The Morgan fingerprint density at radius 1 is 1.03 bits per heavy atom. The van der Waals surface area contributed by atoms with E-state index >= 15 is 0 Å². The van der Waals surface area contributed by atoms with E-state index in [9.17, 15) is 14.4 Å². The number of hydrogen-bond acceptors (Lipinski definition) is 5. The van der Waals surface area contributed by atoms with E-state index in [2.05, 4.69) is 0 Å². The maximum Gasteiger partial charge on any atom is 0.254 e. The molecule has 1 aromatic rings. The highest BCUT2D eigenvalue weighted by Gasteiger charge is 2.39. The van der Waals surface area contributed by atoms with Gasteiger partial charge < -0.3 is 24.2 Å². The Labute approximate surface area is 176 Å². The Kier molecular flexibility index (Phi) is 6.22. The number of benzene rings is 1. The summed E-state index contributed by atoms with van der Waals surface area (Å²) in [7, 11) is 1.59. The molecule has 8 heteroatoms. The zero-order valence-corrected chi connectivity index (χ0v) is 17.4. The van der Waals surface area contributed by atoms with E-state index in [1.165, 1.54) is 0 Å². The molecule has 8 nitrogen and oxygen atoms in total. The van der Waals surface area contributed by atoms with Gasteiger partial charge in [-0.05, 0) is 49.9 Å². The third-order valence-corrected chi connectivity index (χ3v) is 6.38. The number of hydrogen-bond donors (Lipinski definition) is 0. The number of rotatable bonds is 4. The van der Waals surface area contributed by atoms with Crippen molar-refractivity contribution in [2.75, 3.05) is 46.5 Å². The van der Waals surface area contributed by atoms with E-state index in [1.54, 1.807) is 36.3 Å². The molecule has 1 aromatic carbocycles. The molecule has 3 saturated heterocycles. The molecule has 3 amide bonds. The van der Waals surface area contributed by atoms with Crippen molar-refractivity contribution in [1.82, 2.24) is 14.7 Å². The minimum absolute atomic E-state index is 0.0288. The van der Waals surface area contributed by atoms with E-state index in [0.717, 1.165) is 19.3 Å². The molecule has 0 spiro atoms. The molecular weight excluding hydrogens is 386 g/mol. The summed E-state index contributed by atoms with van der Waals surface area (Å²) < 4.78 is 10.4. The average Bonchev–Trinajstić information content (AvgIpc) is 3.28. The predicted octanol–water partition coefficient (Wildman–Crippen LogP) is 1.15. The minimum Gasteiger partial charge on any atom is -0.497 e. The second-order valence-electron chi connectivity index (χ2n) is 8.08. The standard InChI is InChI=1S/C22H29N3O5/c1-29-18-6-4-16(5-7-18)21(27)25-10-2-3-19(25)22(28)23-11-8-17(9-12-23)24-13-14-30-15-20(24)26/h4-7,17,19H,2-3,8-15H2,1H3. The van der Waals surface area contributed by atoms with Crippen LogP contribution in [-0.2, 0) is 14.3 Å². The summed E-state index contributed by atoms with van der Waals surface area (Å²) in [4.78, 5) is 43.8. The number of piperidine rings is 1. The van der Waals surface area contributed by atoms with Crippen molar-refractivity contribution in [2.45, 2.75) is 37.8 Å². The second-order valence-corrected chi connectivity index (χ2v) is 8.08. The summed E-state index contributed by atoms with van der Waals surface area (Å²) in [5.74, 6) is 0.656. The molecule has 1 atom stereocenters. The lowest BCUT2D eigenvalue weighted by Gasteiger charge is -2.41. The number of ether oxygens (including phenoxy) is 2. The topological polar surface area (TPSA) is 79.4 Å². The van der Waals surface area contributed by atoms with Crippen LogP contribution in [0.25, 0.3) is 0 Å². The van der Waals surface area contributed by atoms with Gasteiger partial charge in [0.15, 0.2) is 0 Å². The molecule has 0 radical (unpaired) electrons. The molecule has 30 heavy (non-hydrogen) atoms. The quantitative estimate of drug-likeness (QED) is 0.737. The third kappa shape index (κ3) is 4.14.